The lowest BCUT2D eigenvalue weighted by Crippen LogP contribution is -2.51. The van der Waals surface area contributed by atoms with Crippen LogP contribution in [0.15, 0.2) is 24.3 Å². The Balaban J connectivity index is 1.26. The van der Waals surface area contributed by atoms with Crippen molar-refractivity contribution in [2.75, 3.05) is 0 Å². The lowest BCUT2D eigenvalue weighted by molar-refractivity contribution is -0.0976. The number of aromatic nitrogens is 2. The van der Waals surface area contributed by atoms with Gasteiger partial charge in [-0.1, -0.05) is 19.1 Å². The van der Waals surface area contributed by atoms with Crippen LogP contribution in [-0.4, -0.2) is 26.0 Å². The summed E-state index contributed by atoms with van der Waals surface area (Å²) in [6.07, 6.45) is 10.4. The minimum absolute atomic E-state index is 0.105. The Labute approximate surface area is 191 Å². The molecule has 32 heavy (non-hydrogen) atoms. The van der Waals surface area contributed by atoms with Crippen molar-refractivity contribution >= 4 is 16.8 Å². The highest BCUT2D eigenvalue weighted by atomic mass is 16.3. The molecule has 4 saturated carbocycles. The van der Waals surface area contributed by atoms with Crippen LogP contribution in [-0.2, 0) is 7.05 Å². The van der Waals surface area contributed by atoms with Crippen molar-refractivity contribution in [3.63, 3.8) is 0 Å². The Bertz CT molecular complexity index is 1050. The van der Waals surface area contributed by atoms with Crippen molar-refractivity contribution in [2.24, 2.45) is 48.0 Å². The second kappa shape index (κ2) is 7.16. The van der Waals surface area contributed by atoms with Crippen LogP contribution in [0.1, 0.15) is 82.3 Å². The third-order valence-electron chi connectivity index (χ3n) is 10.6. The molecule has 0 spiro atoms. The third kappa shape index (κ3) is 2.97. The average molecular weight is 435 g/mol. The van der Waals surface area contributed by atoms with Crippen LogP contribution in [0.4, 0.5) is 0 Å². The molecule has 8 atom stereocenters. The van der Waals surface area contributed by atoms with Crippen molar-refractivity contribution < 1.29 is 9.90 Å². The van der Waals surface area contributed by atoms with Gasteiger partial charge in [-0.2, -0.15) is 0 Å². The van der Waals surface area contributed by atoms with Crippen LogP contribution in [0.3, 0.4) is 0 Å². The predicted octanol–water partition coefficient (Wildman–Crippen LogP) is 5.78. The largest absolute Gasteiger partial charge is 0.390 e. The number of Topliss-reactive ketones (excluding diaryl/α,β-unsaturated/α-hetero) is 1. The summed E-state index contributed by atoms with van der Waals surface area (Å²) in [6.45, 7) is 4.48. The van der Waals surface area contributed by atoms with Gasteiger partial charge < -0.3 is 9.67 Å². The number of nitrogens with zero attached hydrogens (tertiary/aromatic N) is 2. The van der Waals surface area contributed by atoms with Crippen molar-refractivity contribution in [3.8, 4) is 0 Å². The van der Waals surface area contributed by atoms with E-state index in [1.54, 1.807) is 0 Å². The number of benzene rings is 1. The quantitative estimate of drug-likeness (QED) is 0.610. The molecule has 0 radical (unpaired) electrons. The zero-order valence-corrected chi connectivity index (χ0v) is 19.9. The smallest absolute Gasteiger partial charge is 0.201 e. The van der Waals surface area contributed by atoms with Gasteiger partial charge in [-0.15, -0.1) is 0 Å². The second-order valence-electron chi connectivity index (χ2n) is 12.2. The van der Waals surface area contributed by atoms with E-state index in [9.17, 15) is 9.90 Å². The van der Waals surface area contributed by atoms with E-state index < -0.39 is 5.60 Å². The zero-order valence-electron chi connectivity index (χ0n) is 19.9. The van der Waals surface area contributed by atoms with Crippen molar-refractivity contribution in [1.82, 2.24) is 9.55 Å². The predicted molar refractivity (Wildman–Crippen MR) is 126 cm³/mol. The van der Waals surface area contributed by atoms with E-state index in [-0.39, 0.29) is 17.1 Å². The minimum Gasteiger partial charge on any atom is -0.390 e. The van der Waals surface area contributed by atoms with E-state index >= 15 is 0 Å². The zero-order chi connectivity index (χ0) is 22.3. The van der Waals surface area contributed by atoms with Gasteiger partial charge in [-0.05, 0) is 112 Å². The Morgan fingerprint density at radius 1 is 1.00 bits per heavy atom. The molecule has 4 aliphatic rings. The van der Waals surface area contributed by atoms with Gasteiger partial charge in [-0.25, -0.2) is 4.98 Å². The number of carbonyl (C=O) groups excluding carboxylic acids is 1. The molecule has 0 bridgehead atoms. The molecule has 172 valence electrons. The Kier molecular flexibility index (Phi) is 4.67. The summed E-state index contributed by atoms with van der Waals surface area (Å²) in [7, 11) is 1.99. The van der Waals surface area contributed by atoms with E-state index in [1.807, 2.05) is 36.7 Å². The van der Waals surface area contributed by atoms with Gasteiger partial charge in [-0.3, -0.25) is 4.79 Å². The van der Waals surface area contributed by atoms with E-state index in [4.69, 9.17) is 4.98 Å². The van der Waals surface area contributed by atoms with Crippen LogP contribution in [0.5, 0.6) is 0 Å². The number of imidazole rings is 1. The van der Waals surface area contributed by atoms with E-state index in [0.717, 1.165) is 48.0 Å². The fourth-order valence-electron chi connectivity index (χ4n) is 9.03. The fraction of sp³-hybridized carbons (Fsp3) is 0.714. The van der Waals surface area contributed by atoms with Gasteiger partial charge in [0.2, 0.25) is 5.78 Å². The van der Waals surface area contributed by atoms with Crippen molar-refractivity contribution in [2.45, 2.75) is 77.2 Å². The highest BCUT2D eigenvalue weighted by Gasteiger charge is 2.59. The summed E-state index contributed by atoms with van der Waals surface area (Å²) < 4.78 is 2.01. The van der Waals surface area contributed by atoms with Gasteiger partial charge in [0.05, 0.1) is 16.6 Å². The van der Waals surface area contributed by atoms with Crippen LogP contribution in [0, 0.1) is 40.9 Å². The van der Waals surface area contributed by atoms with Crippen LogP contribution in [0.2, 0.25) is 0 Å². The lowest BCUT2D eigenvalue weighted by atomic mass is 9.49. The molecule has 0 amide bonds. The summed E-state index contributed by atoms with van der Waals surface area (Å²) in [6, 6.07) is 8.09. The molecular weight excluding hydrogens is 396 g/mol. The first-order valence-corrected chi connectivity index (χ1v) is 13.0. The summed E-state index contributed by atoms with van der Waals surface area (Å²) in [5.41, 5.74) is 1.64. The molecule has 2 aromatic rings. The number of carbonyl (C=O) groups is 1. The van der Waals surface area contributed by atoms with E-state index in [0.29, 0.717) is 17.7 Å². The molecule has 4 fully saturated rings. The Hall–Kier alpha value is -1.68. The summed E-state index contributed by atoms with van der Waals surface area (Å²) in [4.78, 5) is 18.6. The van der Waals surface area contributed by atoms with Crippen molar-refractivity contribution in [1.29, 1.82) is 0 Å². The van der Waals surface area contributed by atoms with Gasteiger partial charge in [0.15, 0.2) is 5.82 Å². The van der Waals surface area contributed by atoms with Crippen LogP contribution in [0.25, 0.3) is 11.0 Å². The molecule has 0 aliphatic heterocycles. The molecule has 4 nitrogen and oxygen atoms in total. The molecule has 1 aromatic carbocycles. The molecule has 1 aromatic heterocycles. The fourth-order valence-corrected chi connectivity index (χ4v) is 9.03. The number of hydrogen-bond donors (Lipinski definition) is 1. The van der Waals surface area contributed by atoms with Gasteiger partial charge in [0.1, 0.15) is 0 Å². The minimum atomic E-state index is -0.451. The topological polar surface area (TPSA) is 55.1 Å². The maximum Gasteiger partial charge on any atom is 0.201 e. The summed E-state index contributed by atoms with van der Waals surface area (Å²) >= 11 is 0. The number of para-hydroxylation sites is 2. The summed E-state index contributed by atoms with van der Waals surface area (Å²) in [5, 5.41) is 10.6. The van der Waals surface area contributed by atoms with E-state index in [1.165, 1.54) is 38.5 Å². The third-order valence-corrected chi connectivity index (χ3v) is 10.6. The average Bonchev–Trinajstić information content (AvgIpc) is 3.29. The maximum absolute atomic E-state index is 13.8. The number of aliphatic hydroxyl groups is 1. The second-order valence-corrected chi connectivity index (χ2v) is 12.2. The molecule has 4 heteroatoms. The van der Waals surface area contributed by atoms with Gasteiger partial charge in [0, 0.05) is 13.0 Å². The van der Waals surface area contributed by atoms with Crippen molar-refractivity contribution in [3.05, 3.63) is 30.1 Å². The molecule has 1 heterocycles. The first-order valence-electron chi connectivity index (χ1n) is 13.0. The molecule has 4 aliphatic carbocycles. The normalized spacial score (nSPS) is 43.5. The van der Waals surface area contributed by atoms with Crippen LogP contribution >= 0.6 is 0 Å². The highest BCUT2D eigenvalue weighted by Crippen LogP contribution is 2.64. The number of rotatable bonds is 2. The number of fused-ring (bicyclic) bond motifs is 6. The van der Waals surface area contributed by atoms with Gasteiger partial charge in [0.25, 0.3) is 0 Å². The first kappa shape index (κ1) is 20.9. The van der Waals surface area contributed by atoms with Gasteiger partial charge >= 0.3 is 0 Å². The lowest BCUT2D eigenvalue weighted by Gasteiger charge is -2.56. The Morgan fingerprint density at radius 2 is 1.78 bits per heavy atom. The highest BCUT2D eigenvalue weighted by molar-refractivity contribution is 5.98. The SMILES string of the molecule is Cn1c(C(=O)[C@H]2CC[C@H]3[C@@H]4CC[C@@H]5C[C@](C)(O)CCC5[C@H]4CC[C@]23C)nc2ccccc21. The number of ketones is 1. The number of aryl methyl sites for hydroxylation is 1. The standard InChI is InChI=1S/C28H38N2O2/c1-27(32)14-12-18-17(16-27)8-9-20-19(18)13-15-28(2)21(20)10-11-22(28)25(31)26-29-23-6-4-5-7-24(23)30(26)3/h4-7,17-22,32H,8-16H2,1-3H3/t17-,18?,19-,20-,21+,22-,27-,28+/m1/s1. The molecular formula is C28H38N2O2. The monoisotopic (exact) mass is 434 g/mol. The number of hydrogen-bond acceptors (Lipinski definition) is 3. The molecule has 1 N–H and O–H groups in total. The molecule has 0 saturated heterocycles. The first-order chi connectivity index (χ1) is 15.3. The molecule has 1 unspecified atom stereocenters. The van der Waals surface area contributed by atoms with E-state index in [2.05, 4.69) is 13.0 Å². The summed E-state index contributed by atoms with van der Waals surface area (Å²) in [5.74, 6) is 4.80. The maximum atomic E-state index is 13.8. The molecule has 6 rings (SSSR count). The van der Waals surface area contributed by atoms with Crippen LogP contribution < -0.4 is 0 Å². The Morgan fingerprint density at radius 3 is 2.59 bits per heavy atom.